The van der Waals surface area contributed by atoms with Crippen molar-refractivity contribution in [2.75, 3.05) is 0 Å². The predicted octanol–water partition coefficient (Wildman–Crippen LogP) is 2.99. The molecule has 74 valence electrons. The zero-order chi connectivity index (χ0) is 10.6. The normalized spacial score (nSPS) is 9.57. The zero-order valence-corrected chi connectivity index (χ0v) is 8.67. The maximum absolute atomic E-state index is 10.8. The highest BCUT2D eigenvalue weighted by molar-refractivity contribution is 6.31. The summed E-state index contributed by atoms with van der Waals surface area (Å²) in [6, 6.07) is 5.21. The van der Waals surface area contributed by atoms with Crippen molar-refractivity contribution in [2.45, 2.75) is 13.3 Å². The van der Waals surface area contributed by atoms with E-state index in [4.69, 9.17) is 16.3 Å². The van der Waals surface area contributed by atoms with E-state index in [2.05, 4.69) is 6.58 Å². The first-order valence-corrected chi connectivity index (χ1v) is 4.59. The SMILES string of the molecule is C=CCc1c(Cl)cccc1OC(C)=O. The lowest BCUT2D eigenvalue weighted by Crippen LogP contribution is -2.03. The van der Waals surface area contributed by atoms with Gasteiger partial charge in [-0.1, -0.05) is 23.7 Å². The molecule has 3 heteroatoms. The van der Waals surface area contributed by atoms with Gasteiger partial charge in [-0.3, -0.25) is 4.79 Å². The summed E-state index contributed by atoms with van der Waals surface area (Å²) in [7, 11) is 0. The second-order valence-electron chi connectivity index (χ2n) is 2.80. The van der Waals surface area contributed by atoms with Crippen molar-refractivity contribution < 1.29 is 9.53 Å². The third-order valence-corrected chi connectivity index (χ3v) is 2.03. The van der Waals surface area contributed by atoms with Crippen LogP contribution in [0.5, 0.6) is 5.75 Å². The molecule has 0 aliphatic rings. The lowest BCUT2D eigenvalue weighted by Gasteiger charge is -2.08. The van der Waals surface area contributed by atoms with Gasteiger partial charge in [0.25, 0.3) is 0 Å². The molecule has 0 saturated heterocycles. The number of esters is 1. The fraction of sp³-hybridized carbons (Fsp3) is 0.182. The van der Waals surface area contributed by atoms with Gasteiger partial charge in [-0.15, -0.1) is 6.58 Å². The van der Waals surface area contributed by atoms with Crippen LogP contribution in [0.15, 0.2) is 30.9 Å². The summed E-state index contributed by atoms with van der Waals surface area (Å²) in [5.74, 6) is 0.155. The highest BCUT2D eigenvalue weighted by Crippen LogP contribution is 2.27. The summed E-state index contributed by atoms with van der Waals surface area (Å²) >= 11 is 5.95. The van der Waals surface area contributed by atoms with Crippen molar-refractivity contribution in [3.63, 3.8) is 0 Å². The average Bonchev–Trinajstić information content (AvgIpc) is 2.10. The number of carbonyl (C=O) groups is 1. The lowest BCUT2D eigenvalue weighted by atomic mass is 10.1. The van der Waals surface area contributed by atoms with E-state index in [0.29, 0.717) is 17.2 Å². The van der Waals surface area contributed by atoms with Crippen LogP contribution in [0.2, 0.25) is 5.02 Å². The van der Waals surface area contributed by atoms with Crippen LogP contribution in [-0.4, -0.2) is 5.97 Å². The van der Waals surface area contributed by atoms with Gasteiger partial charge < -0.3 is 4.74 Å². The van der Waals surface area contributed by atoms with Crippen molar-refractivity contribution in [1.82, 2.24) is 0 Å². The van der Waals surface area contributed by atoms with Crippen LogP contribution in [0.4, 0.5) is 0 Å². The van der Waals surface area contributed by atoms with Crippen LogP contribution >= 0.6 is 11.6 Å². The summed E-state index contributed by atoms with van der Waals surface area (Å²) < 4.78 is 5.01. The highest BCUT2D eigenvalue weighted by atomic mass is 35.5. The Morgan fingerprint density at radius 2 is 2.36 bits per heavy atom. The third kappa shape index (κ3) is 2.60. The first kappa shape index (κ1) is 10.8. The average molecular weight is 211 g/mol. The number of hydrogen-bond acceptors (Lipinski definition) is 2. The Hall–Kier alpha value is -1.28. The minimum absolute atomic E-state index is 0.349. The molecule has 1 aromatic rings. The standard InChI is InChI=1S/C11H11ClO2/c1-3-5-9-10(12)6-4-7-11(9)14-8(2)13/h3-4,6-7H,1,5H2,2H3. The van der Waals surface area contributed by atoms with Crippen molar-refractivity contribution in [2.24, 2.45) is 0 Å². The molecule has 1 rings (SSSR count). The molecular weight excluding hydrogens is 200 g/mol. The van der Waals surface area contributed by atoms with Gasteiger partial charge in [-0.2, -0.15) is 0 Å². The summed E-state index contributed by atoms with van der Waals surface area (Å²) in [4.78, 5) is 10.8. The van der Waals surface area contributed by atoms with Crippen LogP contribution in [0, 0.1) is 0 Å². The maximum Gasteiger partial charge on any atom is 0.308 e. The molecule has 0 unspecified atom stereocenters. The first-order chi connectivity index (χ1) is 6.65. The molecule has 0 atom stereocenters. The molecule has 0 bridgehead atoms. The molecule has 0 N–H and O–H groups in total. The number of rotatable bonds is 3. The van der Waals surface area contributed by atoms with Gasteiger partial charge in [0, 0.05) is 17.5 Å². The Morgan fingerprint density at radius 1 is 1.64 bits per heavy atom. The Bertz CT molecular complexity index is 358. The number of benzene rings is 1. The van der Waals surface area contributed by atoms with Crippen molar-refractivity contribution in [1.29, 1.82) is 0 Å². The molecule has 0 saturated carbocycles. The van der Waals surface area contributed by atoms with Crippen LogP contribution in [0.25, 0.3) is 0 Å². The van der Waals surface area contributed by atoms with E-state index in [1.165, 1.54) is 6.92 Å². The first-order valence-electron chi connectivity index (χ1n) is 4.22. The molecule has 1 aromatic carbocycles. The molecular formula is C11H11ClO2. The minimum Gasteiger partial charge on any atom is -0.426 e. The monoisotopic (exact) mass is 210 g/mol. The summed E-state index contributed by atoms with van der Waals surface area (Å²) in [5, 5.41) is 0.587. The topological polar surface area (TPSA) is 26.3 Å². The molecule has 0 amide bonds. The van der Waals surface area contributed by atoms with E-state index >= 15 is 0 Å². The molecule has 0 aliphatic carbocycles. The highest BCUT2D eigenvalue weighted by Gasteiger charge is 2.08. The molecule has 0 fully saturated rings. The Labute approximate surface area is 88.1 Å². The summed E-state index contributed by atoms with van der Waals surface area (Å²) in [6.45, 7) is 4.98. The van der Waals surface area contributed by atoms with Gasteiger partial charge in [0.1, 0.15) is 5.75 Å². The van der Waals surface area contributed by atoms with Crippen LogP contribution in [0.3, 0.4) is 0 Å². The van der Waals surface area contributed by atoms with Crippen molar-refractivity contribution in [3.05, 3.63) is 41.4 Å². The van der Waals surface area contributed by atoms with Gasteiger partial charge in [0.05, 0.1) is 0 Å². The second kappa shape index (κ2) is 4.82. The maximum atomic E-state index is 10.8. The molecule has 14 heavy (non-hydrogen) atoms. The van der Waals surface area contributed by atoms with E-state index < -0.39 is 0 Å². The number of hydrogen-bond donors (Lipinski definition) is 0. The number of carbonyl (C=O) groups excluding carboxylic acids is 1. The van der Waals surface area contributed by atoms with Crippen LogP contribution in [-0.2, 0) is 11.2 Å². The second-order valence-corrected chi connectivity index (χ2v) is 3.21. The molecule has 0 heterocycles. The van der Waals surface area contributed by atoms with Crippen molar-refractivity contribution >= 4 is 17.6 Å². The van der Waals surface area contributed by atoms with E-state index in [1.54, 1.807) is 24.3 Å². The molecule has 0 aliphatic heterocycles. The fourth-order valence-electron chi connectivity index (χ4n) is 1.13. The quantitative estimate of drug-likeness (QED) is 0.436. The fourth-order valence-corrected chi connectivity index (χ4v) is 1.37. The minimum atomic E-state index is -0.349. The van der Waals surface area contributed by atoms with E-state index in [1.807, 2.05) is 0 Å². The van der Waals surface area contributed by atoms with Crippen LogP contribution < -0.4 is 4.74 Å². The van der Waals surface area contributed by atoms with Gasteiger partial charge in [0.2, 0.25) is 0 Å². The van der Waals surface area contributed by atoms with Gasteiger partial charge in [0.15, 0.2) is 0 Å². The zero-order valence-electron chi connectivity index (χ0n) is 7.92. The van der Waals surface area contributed by atoms with E-state index in [0.717, 1.165) is 5.56 Å². The number of halogens is 1. The number of ether oxygens (including phenoxy) is 1. The molecule has 0 radical (unpaired) electrons. The Balaban J connectivity index is 3.06. The van der Waals surface area contributed by atoms with E-state index in [-0.39, 0.29) is 5.97 Å². The molecule has 2 nitrogen and oxygen atoms in total. The Morgan fingerprint density at radius 3 is 2.93 bits per heavy atom. The van der Waals surface area contributed by atoms with Crippen LogP contribution in [0.1, 0.15) is 12.5 Å². The van der Waals surface area contributed by atoms with Gasteiger partial charge in [-0.05, 0) is 18.6 Å². The summed E-state index contributed by atoms with van der Waals surface area (Å²) in [5.41, 5.74) is 0.791. The smallest absolute Gasteiger partial charge is 0.308 e. The molecule has 0 spiro atoms. The predicted molar refractivity (Wildman–Crippen MR) is 56.7 cm³/mol. The third-order valence-electron chi connectivity index (χ3n) is 1.68. The van der Waals surface area contributed by atoms with Gasteiger partial charge in [-0.25, -0.2) is 0 Å². The lowest BCUT2D eigenvalue weighted by molar-refractivity contribution is -0.131. The summed E-state index contributed by atoms with van der Waals surface area (Å²) in [6.07, 6.45) is 2.30. The largest absolute Gasteiger partial charge is 0.426 e. The number of allylic oxidation sites excluding steroid dienone is 1. The van der Waals surface area contributed by atoms with E-state index in [9.17, 15) is 4.79 Å². The Kier molecular flexibility index (Phi) is 3.72. The van der Waals surface area contributed by atoms with Crippen molar-refractivity contribution in [3.8, 4) is 5.75 Å². The molecule has 0 aromatic heterocycles. The van der Waals surface area contributed by atoms with Gasteiger partial charge >= 0.3 is 5.97 Å².